The van der Waals surface area contributed by atoms with Crippen LogP contribution in [0.5, 0.6) is 0 Å². The van der Waals surface area contributed by atoms with Gasteiger partial charge in [0.05, 0.1) is 14.8 Å². The third-order valence-corrected chi connectivity index (χ3v) is 6.44. The molecule has 0 unspecified atom stereocenters. The molecule has 0 saturated carbocycles. The summed E-state index contributed by atoms with van der Waals surface area (Å²) in [5, 5.41) is 14.7. The molecule has 25 heavy (non-hydrogen) atoms. The molecule has 1 aromatic rings. The Hall–Kier alpha value is -0.730. The Kier molecular flexibility index (Phi) is 6.49. The van der Waals surface area contributed by atoms with E-state index in [0.717, 1.165) is 6.42 Å². The summed E-state index contributed by atoms with van der Waals surface area (Å²) in [7, 11) is 0. The molecule has 1 fully saturated rings. The second kappa shape index (κ2) is 7.88. The number of nitrogens with zero attached hydrogens (tertiary/aromatic N) is 2. The number of anilines is 1. The van der Waals surface area contributed by atoms with E-state index in [2.05, 4.69) is 5.32 Å². The summed E-state index contributed by atoms with van der Waals surface area (Å²) in [6.45, 7) is 7.96. The van der Waals surface area contributed by atoms with Gasteiger partial charge in [-0.3, -0.25) is 5.21 Å². The average molecular weight is 422 g/mol. The third kappa shape index (κ3) is 4.34. The van der Waals surface area contributed by atoms with Gasteiger partial charge in [-0.25, -0.2) is 4.79 Å². The molecule has 1 aliphatic heterocycles. The first kappa shape index (κ1) is 20.6. The number of thioether (sulfide) groups is 1. The highest BCUT2D eigenvalue weighted by Crippen LogP contribution is 2.43. The average Bonchev–Trinajstić information content (AvgIpc) is 2.78. The van der Waals surface area contributed by atoms with Crippen molar-refractivity contribution in [3.63, 3.8) is 0 Å². The lowest BCUT2D eigenvalue weighted by Crippen LogP contribution is -2.57. The number of benzene rings is 1. The standard InChI is InChI=1S/C16H21Cl2N3O2S2/c1-5-9(2)20-13(16(3,4)25-15(20)24)21(23)14(22)19-10-6-7-11(17)12(18)8-10/h6-9,13,23H,5H2,1-4H3,(H,19,22)/t9-,13+/m1/s1. The quantitative estimate of drug-likeness (QED) is 0.384. The van der Waals surface area contributed by atoms with Crippen molar-refractivity contribution in [1.82, 2.24) is 9.96 Å². The van der Waals surface area contributed by atoms with Gasteiger partial charge in [0.2, 0.25) is 0 Å². The van der Waals surface area contributed by atoms with Crippen molar-refractivity contribution >= 4 is 63.2 Å². The number of rotatable bonds is 4. The molecule has 2 rings (SSSR count). The van der Waals surface area contributed by atoms with Crippen LogP contribution < -0.4 is 5.32 Å². The first-order valence-corrected chi connectivity index (χ1v) is 9.82. The Bertz CT molecular complexity index is 687. The monoisotopic (exact) mass is 421 g/mol. The Morgan fingerprint density at radius 3 is 2.68 bits per heavy atom. The Labute approximate surface area is 167 Å². The molecule has 138 valence electrons. The van der Waals surface area contributed by atoms with E-state index in [9.17, 15) is 10.0 Å². The van der Waals surface area contributed by atoms with Crippen molar-refractivity contribution in [1.29, 1.82) is 0 Å². The van der Waals surface area contributed by atoms with Gasteiger partial charge in [-0.1, -0.05) is 54.1 Å². The largest absolute Gasteiger partial charge is 0.347 e. The summed E-state index contributed by atoms with van der Waals surface area (Å²) in [6.07, 6.45) is 0.262. The zero-order chi connectivity index (χ0) is 18.9. The molecule has 1 aromatic carbocycles. The van der Waals surface area contributed by atoms with Gasteiger partial charge in [0.15, 0.2) is 0 Å². The zero-order valence-corrected chi connectivity index (χ0v) is 17.6. The van der Waals surface area contributed by atoms with Crippen molar-refractivity contribution in [2.75, 3.05) is 5.32 Å². The molecule has 1 heterocycles. The fourth-order valence-electron chi connectivity index (χ4n) is 2.66. The van der Waals surface area contributed by atoms with Crippen LogP contribution in [-0.4, -0.2) is 42.5 Å². The molecule has 9 heteroatoms. The molecule has 2 atom stereocenters. The third-order valence-electron chi connectivity index (χ3n) is 4.12. The van der Waals surface area contributed by atoms with Crippen LogP contribution in [0.1, 0.15) is 34.1 Å². The molecule has 1 saturated heterocycles. The first-order valence-electron chi connectivity index (χ1n) is 7.84. The van der Waals surface area contributed by atoms with Crippen molar-refractivity contribution in [3.05, 3.63) is 28.2 Å². The summed E-state index contributed by atoms with van der Waals surface area (Å²) >= 11 is 18.8. The Morgan fingerprint density at radius 2 is 2.12 bits per heavy atom. The van der Waals surface area contributed by atoms with Crippen LogP contribution in [0.25, 0.3) is 0 Å². The first-order chi connectivity index (χ1) is 11.6. The summed E-state index contributed by atoms with van der Waals surface area (Å²) in [4.78, 5) is 14.5. The number of nitrogens with one attached hydrogen (secondary N) is 1. The fraction of sp³-hybridized carbons (Fsp3) is 0.500. The van der Waals surface area contributed by atoms with Crippen LogP contribution in [0.4, 0.5) is 10.5 Å². The summed E-state index contributed by atoms with van der Waals surface area (Å²) in [5.74, 6) is 0. The van der Waals surface area contributed by atoms with Crippen LogP contribution >= 0.6 is 47.2 Å². The van der Waals surface area contributed by atoms with E-state index < -0.39 is 16.9 Å². The number of carbonyl (C=O) groups excluding carboxylic acids is 1. The van der Waals surface area contributed by atoms with Crippen LogP contribution in [0.15, 0.2) is 18.2 Å². The SMILES string of the molecule is CC[C@@H](C)N1C(=S)SC(C)(C)[C@@H]1N(O)C(=O)Nc1ccc(Cl)c(Cl)c1. The topological polar surface area (TPSA) is 55.8 Å². The second-order valence-electron chi connectivity index (χ2n) is 6.41. The van der Waals surface area contributed by atoms with Gasteiger partial charge in [0.1, 0.15) is 10.5 Å². The maximum atomic E-state index is 12.6. The van der Waals surface area contributed by atoms with Crippen LogP contribution in [-0.2, 0) is 0 Å². The predicted molar refractivity (Wildman–Crippen MR) is 109 cm³/mol. The van der Waals surface area contributed by atoms with Gasteiger partial charge < -0.3 is 10.2 Å². The molecule has 0 aliphatic carbocycles. The molecule has 2 amide bonds. The summed E-state index contributed by atoms with van der Waals surface area (Å²) in [5.41, 5.74) is 0.444. The molecule has 5 nitrogen and oxygen atoms in total. The lowest BCUT2D eigenvalue weighted by atomic mass is 10.1. The Balaban J connectivity index is 2.23. The lowest BCUT2D eigenvalue weighted by Gasteiger charge is -2.39. The second-order valence-corrected chi connectivity index (χ2v) is 9.52. The molecular formula is C16H21Cl2N3O2S2. The van der Waals surface area contributed by atoms with Crippen molar-refractivity contribution in [2.45, 2.75) is 51.1 Å². The minimum Gasteiger partial charge on any atom is -0.331 e. The smallest absolute Gasteiger partial charge is 0.331 e. The number of thiocarbonyl (C=S) groups is 1. The van der Waals surface area contributed by atoms with E-state index in [1.54, 1.807) is 12.1 Å². The Morgan fingerprint density at radius 1 is 1.48 bits per heavy atom. The molecule has 0 radical (unpaired) electrons. The number of hydroxylamine groups is 2. The van der Waals surface area contributed by atoms with Gasteiger partial charge in [-0.05, 0) is 45.4 Å². The fourth-order valence-corrected chi connectivity index (χ4v) is 5.04. The number of hydrogen-bond donors (Lipinski definition) is 2. The minimum absolute atomic E-state index is 0.0965. The van der Waals surface area contributed by atoms with E-state index in [1.165, 1.54) is 17.8 Å². The summed E-state index contributed by atoms with van der Waals surface area (Å²) in [6, 6.07) is 4.17. The molecule has 0 spiro atoms. The lowest BCUT2D eigenvalue weighted by molar-refractivity contribution is -0.120. The van der Waals surface area contributed by atoms with Crippen molar-refractivity contribution in [3.8, 4) is 0 Å². The van der Waals surface area contributed by atoms with Gasteiger partial charge in [0, 0.05) is 11.7 Å². The minimum atomic E-state index is -0.657. The maximum absolute atomic E-state index is 12.6. The van der Waals surface area contributed by atoms with Gasteiger partial charge in [-0.15, -0.1) is 0 Å². The van der Waals surface area contributed by atoms with Crippen molar-refractivity contribution < 1.29 is 10.0 Å². The molecule has 0 aromatic heterocycles. The highest BCUT2D eigenvalue weighted by atomic mass is 35.5. The highest BCUT2D eigenvalue weighted by Gasteiger charge is 2.50. The van der Waals surface area contributed by atoms with E-state index in [-0.39, 0.29) is 6.04 Å². The number of carbonyl (C=O) groups is 1. The van der Waals surface area contributed by atoms with Crippen LogP contribution in [0.3, 0.4) is 0 Å². The van der Waals surface area contributed by atoms with E-state index in [1.807, 2.05) is 32.6 Å². The molecule has 2 N–H and O–H groups in total. The van der Waals surface area contributed by atoms with Crippen LogP contribution in [0, 0.1) is 0 Å². The highest BCUT2D eigenvalue weighted by molar-refractivity contribution is 8.24. The van der Waals surface area contributed by atoms with Crippen LogP contribution in [0.2, 0.25) is 10.0 Å². The molecule has 1 aliphatic rings. The number of urea groups is 1. The van der Waals surface area contributed by atoms with E-state index in [4.69, 9.17) is 35.4 Å². The van der Waals surface area contributed by atoms with Gasteiger partial charge >= 0.3 is 6.03 Å². The predicted octanol–water partition coefficient (Wildman–Crippen LogP) is 5.45. The normalized spacial score (nSPS) is 20.5. The molecular weight excluding hydrogens is 401 g/mol. The van der Waals surface area contributed by atoms with Gasteiger partial charge in [0.25, 0.3) is 0 Å². The number of hydrogen-bond acceptors (Lipinski definition) is 4. The van der Waals surface area contributed by atoms with Gasteiger partial charge in [-0.2, -0.15) is 5.06 Å². The van der Waals surface area contributed by atoms with E-state index >= 15 is 0 Å². The van der Waals surface area contributed by atoms with Crippen molar-refractivity contribution in [2.24, 2.45) is 0 Å². The van der Waals surface area contributed by atoms with E-state index in [0.29, 0.717) is 25.1 Å². The molecule has 0 bridgehead atoms. The number of amides is 2. The maximum Gasteiger partial charge on any atom is 0.347 e. The number of halogens is 2. The summed E-state index contributed by atoms with van der Waals surface area (Å²) < 4.78 is 0.218. The zero-order valence-electron chi connectivity index (χ0n) is 14.4.